The average molecular weight is 386 g/mol. The van der Waals surface area contributed by atoms with Crippen molar-refractivity contribution in [2.45, 2.75) is 37.8 Å². The van der Waals surface area contributed by atoms with Crippen LogP contribution >= 0.6 is 0 Å². The minimum absolute atomic E-state index is 0.0709. The van der Waals surface area contributed by atoms with Crippen molar-refractivity contribution in [2.75, 3.05) is 33.8 Å². The highest BCUT2D eigenvalue weighted by molar-refractivity contribution is 5.81. The van der Waals surface area contributed by atoms with Crippen molar-refractivity contribution in [2.24, 2.45) is 0 Å². The maximum atomic E-state index is 12.1. The summed E-state index contributed by atoms with van der Waals surface area (Å²) in [7, 11) is 3.45. The number of carbonyl (C=O) groups excluding carboxylic acids is 1. The Kier molecular flexibility index (Phi) is 5.21. The van der Waals surface area contributed by atoms with Crippen LogP contribution in [0, 0.1) is 0 Å². The van der Waals surface area contributed by atoms with Gasteiger partial charge in [-0.2, -0.15) is 0 Å². The molecular formula is C20H26N4O4. The Labute approximate surface area is 163 Å². The fourth-order valence-corrected chi connectivity index (χ4v) is 4.12. The van der Waals surface area contributed by atoms with E-state index in [1.165, 1.54) is 6.33 Å². The summed E-state index contributed by atoms with van der Waals surface area (Å²) in [6.45, 7) is 2.25. The van der Waals surface area contributed by atoms with E-state index in [9.17, 15) is 9.59 Å². The number of aromatic nitrogens is 2. The third kappa shape index (κ3) is 3.69. The number of hydrogen-bond acceptors (Lipinski definition) is 6. The molecule has 0 atom stereocenters. The molecule has 1 aromatic heterocycles. The standard InChI is InChI=1S/C20H26N4O4/c1-23-7-8-24(11-19(23)25)13-3-5-14(6-4-13)28-18-9-15-16(10-17(18)27-2)21-12-22-20(15)26/h9-10,12-14H,3-8,11H2,1-2H3,(H,21,22,26). The fraction of sp³-hybridized carbons (Fsp3) is 0.550. The van der Waals surface area contributed by atoms with Crippen LogP contribution < -0.4 is 15.0 Å². The van der Waals surface area contributed by atoms with Crippen molar-refractivity contribution in [3.8, 4) is 11.5 Å². The summed E-state index contributed by atoms with van der Waals surface area (Å²) in [6.07, 6.45) is 5.28. The van der Waals surface area contributed by atoms with Gasteiger partial charge in [-0.3, -0.25) is 14.5 Å². The number of nitrogens with one attached hydrogen (secondary N) is 1. The summed E-state index contributed by atoms with van der Waals surface area (Å²) in [5, 5.41) is 0.489. The number of hydrogen-bond donors (Lipinski definition) is 1. The highest BCUT2D eigenvalue weighted by Gasteiger charge is 2.31. The topological polar surface area (TPSA) is 87.8 Å². The van der Waals surface area contributed by atoms with E-state index in [0.717, 1.165) is 38.8 Å². The number of H-pyrrole nitrogens is 1. The maximum absolute atomic E-state index is 12.1. The second-order valence-electron chi connectivity index (χ2n) is 7.59. The maximum Gasteiger partial charge on any atom is 0.258 e. The second-order valence-corrected chi connectivity index (χ2v) is 7.59. The van der Waals surface area contributed by atoms with Gasteiger partial charge in [0.05, 0.1) is 37.0 Å². The summed E-state index contributed by atoms with van der Waals surface area (Å²) in [6, 6.07) is 3.88. The SMILES string of the molecule is COc1cc2nc[nH]c(=O)c2cc1OC1CCC(N2CCN(C)C(=O)C2)CC1. The molecule has 2 aliphatic rings. The first kappa shape index (κ1) is 18.7. The zero-order chi connectivity index (χ0) is 19.7. The molecule has 2 aromatic rings. The number of ether oxygens (including phenoxy) is 2. The van der Waals surface area contributed by atoms with E-state index in [2.05, 4.69) is 14.9 Å². The van der Waals surface area contributed by atoms with Gasteiger partial charge in [0.2, 0.25) is 5.91 Å². The van der Waals surface area contributed by atoms with Crippen molar-refractivity contribution in [1.82, 2.24) is 19.8 Å². The average Bonchev–Trinajstić information content (AvgIpc) is 2.71. The molecule has 0 radical (unpaired) electrons. The van der Waals surface area contributed by atoms with Crippen LogP contribution in [0.2, 0.25) is 0 Å². The Morgan fingerprint density at radius 2 is 1.89 bits per heavy atom. The number of nitrogens with zero attached hydrogens (tertiary/aromatic N) is 3. The van der Waals surface area contributed by atoms with Crippen LogP contribution in [0.3, 0.4) is 0 Å². The van der Waals surface area contributed by atoms with Gasteiger partial charge >= 0.3 is 0 Å². The molecule has 1 saturated carbocycles. The van der Waals surface area contributed by atoms with E-state index in [-0.39, 0.29) is 17.6 Å². The van der Waals surface area contributed by atoms with Crippen LogP contribution in [0.25, 0.3) is 10.9 Å². The molecule has 1 aromatic carbocycles. The van der Waals surface area contributed by atoms with Gasteiger partial charge in [-0.05, 0) is 31.7 Å². The number of rotatable bonds is 4. The number of fused-ring (bicyclic) bond motifs is 1. The third-order valence-electron chi connectivity index (χ3n) is 5.87. The molecular weight excluding hydrogens is 360 g/mol. The lowest BCUT2D eigenvalue weighted by Gasteiger charge is -2.40. The molecule has 1 saturated heterocycles. The van der Waals surface area contributed by atoms with Crippen LogP contribution in [-0.2, 0) is 4.79 Å². The molecule has 8 heteroatoms. The molecule has 0 spiro atoms. The molecule has 28 heavy (non-hydrogen) atoms. The summed E-state index contributed by atoms with van der Waals surface area (Å²) >= 11 is 0. The van der Waals surface area contributed by atoms with E-state index in [1.807, 2.05) is 7.05 Å². The fourth-order valence-electron chi connectivity index (χ4n) is 4.12. The Morgan fingerprint density at radius 3 is 2.61 bits per heavy atom. The van der Waals surface area contributed by atoms with Gasteiger partial charge in [-0.1, -0.05) is 0 Å². The summed E-state index contributed by atoms with van der Waals surface area (Å²) in [4.78, 5) is 34.9. The zero-order valence-electron chi connectivity index (χ0n) is 16.3. The first-order valence-electron chi connectivity index (χ1n) is 9.75. The summed E-state index contributed by atoms with van der Waals surface area (Å²) in [5.74, 6) is 1.36. The smallest absolute Gasteiger partial charge is 0.258 e. The summed E-state index contributed by atoms with van der Waals surface area (Å²) in [5.41, 5.74) is 0.386. The number of likely N-dealkylation sites (N-methyl/N-ethyl adjacent to an activating group) is 1. The molecule has 1 amide bonds. The van der Waals surface area contributed by atoms with Crippen LogP contribution in [-0.4, -0.2) is 71.6 Å². The first-order chi connectivity index (χ1) is 13.5. The number of amides is 1. The predicted octanol–water partition coefficient (Wildman–Crippen LogP) is 1.40. The molecule has 0 bridgehead atoms. The Morgan fingerprint density at radius 1 is 1.11 bits per heavy atom. The van der Waals surface area contributed by atoms with E-state index in [0.29, 0.717) is 35.0 Å². The molecule has 150 valence electrons. The van der Waals surface area contributed by atoms with E-state index >= 15 is 0 Å². The highest BCUT2D eigenvalue weighted by atomic mass is 16.5. The van der Waals surface area contributed by atoms with Gasteiger partial charge in [0, 0.05) is 32.2 Å². The molecule has 1 N–H and O–H groups in total. The lowest BCUT2D eigenvalue weighted by atomic mass is 9.91. The van der Waals surface area contributed by atoms with Crippen LogP contribution in [0.15, 0.2) is 23.3 Å². The number of aromatic amines is 1. The van der Waals surface area contributed by atoms with Crippen LogP contribution in [0.5, 0.6) is 11.5 Å². The van der Waals surface area contributed by atoms with Gasteiger partial charge in [0.1, 0.15) is 0 Å². The van der Waals surface area contributed by atoms with Crippen LogP contribution in [0.4, 0.5) is 0 Å². The van der Waals surface area contributed by atoms with Crippen LogP contribution in [0.1, 0.15) is 25.7 Å². The molecule has 1 aliphatic carbocycles. The number of methoxy groups -OCH3 is 1. The highest BCUT2D eigenvalue weighted by Crippen LogP contribution is 2.34. The monoisotopic (exact) mass is 386 g/mol. The first-order valence-corrected chi connectivity index (χ1v) is 9.75. The van der Waals surface area contributed by atoms with Gasteiger partial charge < -0.3 is 19.4 Å². The lowest BCUT2D eigenvalue weighted by Crippen LogP contribution is -2.53. The van der Waals surface area contributed by atoms with Crippen molar-refractivity contribution in [3.05, 3.63) is 28.8 Å². The molecule has 2 fully saturated rings. The number of piperazine rings is 1. The normalized spacial score (nSPS) is 23.8. The molecule has 8 nitrogen and oxygen atoms in total. The molecule has 1 aliphatic heterocycles. The number of carbonyl (C=O) groups is 1. The van der Waals surface area contributed by atoms with E-state index in [1.54, 1.807) is 24.1 Å². The van der Waals surface area contributed by atoms with Crippen molar-refractivity contribution < 1.29 is 14.3 Å². The minimum atomic E-state index is -0.194. The number of benzene rings is 1. The van der Waals surface area contributed by atoms with Crippen molar-refractivity contribution in [3.63, 3.8) is 0 Å². The zero-order valence-corrected chi connectivity index (χ0v) is 16.3. The second kappa shape index (κ2) is 7.79. The lowest BCUT2D eigenvalue weighted by molar-refractivity contribution is -0.135. The van der Waals surface area contributed by atoms with Gasteiger partial charge in [0.25, 0.3) is 5.56 Å². The third-order valence-corrected chi connectivity index (χ3v) is 5.87. The summed E-state index contributed by atoms with van der Waals surface area (Å²) < 4.78 is 11.7. The molecule has 0 unspecified atom stereocenters. The van der Waals surface area contributed by atoms with E-state index in [4.69, 9.17) is 9.47 Å². The largest absolute Gasteiger partial charge is 0.493 e. The Balaban J connectivity index is 1.43. The Bertz CT molecular complexity index is 920. The predicted molar refractivity (Wildman–Crippen MR) is 105 cm³/mol. The van der Waals surface area contributed by atoms with Gasteiger partial charge in [-0.15, -0.1) is 0 Å². The quantitative estimate of drug-likeness (QED) is 0.855. The molecule has 2 heterocycles. The van der Waals surface area contributed by atoms with Gasteiger partial charge in [-0.25, -0.2) is 4.98 Å². The van der Waals surface area contributed by atoms with Crippen molar-refractivity contribution in [1.29, 1.82) is 0 Å². The van der Waals surface area contributed by atoms with E-state index < -0.39 is 0 Å². The van der Waals surface area contributed by atoms with Crippen molar-refractivity contribution >= 4 is 16.8 Å². The minimum Gasteiger partial charge on any atom is -0.493 e. The van der Waals surface area contributed by atoms with Gasteiger partial charge in [0.15, 0.2) is 11.5 Å². The molecule has 4 rings (SSSR count). The Hall–Kier alpha value is -2.61.